The van der Waals surface area contributed by atoms with E-state index in [4.69, 9.17) is 5.11 Å². The van der Waals surface area contributed by atoms with Crippen LogP contribution in [0, 0.1) is 5.92 Å². The summed E-state index contributed by atoms with van der Waals surface area (Å²) in [4.78, 5) is 54.8. The zero-order chi connectivity index (χ0) is 20.2. The second-order valence-corrected chi connectivity index (χ2v) is 9.06. The number of hydrogen-bond acceptors (Lipinski definition) is 7. The first-order valence-corrected chi connectivity index (χ1v) is 10.2. The van der Waals surface area contributed by atoms with E-state index in [1.165, 1.54) is 0 Å². The number of hydrogen-bond donors (Lipinski definition) is 2. The van der Waals surface area contributed by atoms with Crippen molar-refractivity contribution in [2.24, 2.45) is 5.92 Å². The molecule has 1 aromatic carbocycles. The third-order valence-corrected chi connectivity index (χ3v) is 7.38. The summed E-state index contributed by atoms with van der Waals surface area (Å²) in [5.41, 5.74) is 1.80. The van der Waals surface area contributed by atoms with Crippen molar-refractivity contribution in [3.63, 3.8) is 0 Å². The first kappa shape index (κ1) is 18.8. The zero-order valence-electron chi connectivity index (χ0n) is 15.0. The summed E-state index contributed by atoms with van der Waals surface area (Å²) < 4.78 is 0. The van der Waals surface area contributed by atoms with Crippen LogP contribution in [0.25, 0.3) is 0 Å². The smallest absolute Gasteiger partial charge is 0.323 e. The number of fused-ring (bicyclic) bond motifs is 2. The van der Waals surface area contributed by atoms with Gasteiger partial charge in [-0.05, 0) is 17.7 Å². The van der Waals surface area contributed by atoms with Gasteiger partial charge in [0.05, 0.1) is 10.9 Å². The summed E-state index contributed by atoms with van der Waals surface area (Å²) in [6.45, 7) is -0.651. The highest BCUT2D eigenvalue weighted by atomic mass is 32.2. The lowest BCUT2D eigenvalue weighted by Crippen LogP contribution is -2.36. The van der Waals surface area contributed by atoms with Crippen molar-refractivity contribution in [3.8, 4) is 0 Å². The molecule has 0 saturated carbocycles. The molecular weight excluding hydrogens is 402 g/mol. The van der Waals surface area contributed by atoms with Crippen molar-refractivity contribution in [1.29, 1.82) is 0 Å². The molecule has 2 aliphatic rings. The van der Waals surface area contributed by atoms with Crippen LogP contribution in [0.15, 0.2) is 34.1 Å². The van der Waals surface area contributed by atoms with Gasteiger partial charge in [-0.1, -0.05) is 35.2 Å². The molecular formula is C18H17N3O5S2. The molecule has 1 saturated heterocycles. The van der Waals surface area contributed by atoms with E-state index >= 15 is 0 Å². The van der Waals surface area contributed by atoms with Crippen LogP contribution in [0.2, 0.25) is 0 Å². The minimum absolute atomic E-state index is 0.241. The molecule has 0 radical (unpaired) electrons. The topological polar surface area (TPSA) is 111 Å². The number of anilines is 1. The number of aliphatic carboxylic acids is 1. The Bertz CT molecular complexity index is 1030. The quantitative estimate of drug-likeness (QED) is 0.716. The van der Waals surface area contributed by atoms with E-state index in [2.05, 4.69) is 4.98 Å². The second kappa shape index (κ2) is 6.78. The Balaban J connectivity index is 1.82. The maximum Gasteiger partial charge on any atom is 0.323 e. The van der Waals surface area contributed by atoms with Crippen LogP contribution in [0.5, 0.6) is 0 Å². The van der Waals surface area contributed by atoms with Gasteiger partial charge in [0.1, 0.15) is 11.8 Å². The third kappa shape index (κ3) is 2.92. The van der Waals surface area contributed by atoms with Crippen molar-refractivity contribution in [3.05, 3.63) is 44.4 Å². The Hall–Kier alpha value is -2.59. The van der Waals surface area contributed by atoms with Crippen molar-refractivity contribution < 1.29 is 19.5 Å². The van der Waals surface area contributed by atoms with Crippen LogP contribution in [0.1, 0.15) is 16.4 Å². The summed E-state index contributed by atoms with van der Waals surface area (Å²) >= 11 is 2.17. The van der Waals surface area contributed by atoms with Gasteiger partial charge in [0, 0.05) is 30.6 Å². The molecule has 4 rings (SSSR count). The maximum absolute atomic E-state index is 13.0. The number of H-pyrrole nitrogens is 1. The fourth-order valence-corrected chi connectivity index (χ4v) is 6.24. The van der Waals surface area contributed by atoms with Crippen LogP contribution in [-0.4, -0.2) is 58.7 Å². The van der Waals surface area contributed by atoms with Crippen molar-refractivity contribution >= 4 is 46.6 Å². The number of rotatable bonds is 4. The molecule has 146 valence electrons. The number of thiazole rings is 1. The van der Waals surface area contributed by atoms with Crippen LogP contribution in [0.4, 0.5) is 5.69 Å². The number of nitrogens with one attached hydrogen (secondary N) is 1. The molecule has 2 amide bonds. The first-order chi connectivity index (χ1) is 13.3. The number of likely N-dealkylation sites (tertiary alicyclic amines) is 1. The SMILES string of the molecule is CN(C)c1ccc([C@H]2c3sc(=O)[nH]c3SC3C(=O)N(CC(=O)O)C(=O)C32)cc1. The Morgan fingerprint density at radius 1 is 1.18 bits per heavy atom. The molecule has 3 heterocycles. The minimum Gasteiger partial charge on any atom is -0.480 e. The van der Waals surface area contributed by atoms with Gasteiger partial charge >= 0.3 is 10.8 Å². The highest BCUT2D eigenvalue weighted by molar-refractivity contribution is 8.00. The van der Waals surface area contributed by atoms with E-state index in [1.807, 2.05) is 43.3 Å². The van der Waals surface area contributed by atoms with Gasteiger partial charge in [-0.3, -0.25) is 24.1 Å². The van der Waals surface area contributed by atoms with E-state index in [9.17, 15) is 19.2 Å². The number of amides is 2. The maximum atomic E-state index is 13.0. The van der Waals surface area contributed by atoms with Gasteiger partial charge in [-0.2, -0.15) is 0 Å². The predicted octanol–water partition coefficient (Wildman–Crippen LogP) is 1.18. The van der Waals surface area contributed by atoms with E-state index in [1.54, 1.807) is 0 Å². The number of thioether (sulfide) groups is 1. The zero-order valence-corrected chi connectivity index (χ0v) is 16.7. The molecule has 3 atom stereocenters. The van der Waals surface area contributed by atoms with Gasteiger partial charge in [-0.15, -0.1) is 0 Å². The largest absolute Gasteiger partial charge is 0.480 e. The summed E-state index contributed by atoms with van der Waals surface area (Å²) in [5, 5.41) is 8.91. The summed E-state index contributed by atoms with van der Waals surface area (Å²) in [7, 11) is 3.84. The summed E-state index contributed by atoms with van der Waals surface area (Å²) in [6.07, 6.45) is 0. The molecule has 28 heavy (non-hydrogen) atoms. The highest BCUT2D eigenvalue weighted by Gasteiger charge is 2.56. The van der Waals surface area contributed by atoms with Crippen LogP contribution >= 0.6 is 23.1 Å². The lowest BCUT2D eigenvalue weighted by molar-refractivity contribution is -0.149. The van der Waals surface area contributed by atoms with Crippen molar-refractivity contribution in [1.82, 2.24) is 9.88 Å². The van der Waals surface area contributed by atoms with Crippen LogP contribution in [-0.2, 0) is 14.4 Å². The summed E-state index contributed by atoms with van der Waals surface area (Å²) in [6, 6.07) is 7.60. The Morgan fingerprint density at radius 3 is 2.46 bits per heavy atom. The van der Waals surface area contributed by atoms with Gasteiger partial charge in [-0.25, -0.2) is 0 Å². The standard InChI is InChI=1S/C18H17N3O5S2/c1-20(2)9-5-3-8(4-6-9)11-12-14(27-15-13(11)28-18(26)19-15)17(25)21(16(12)24)7-10(22)23/h3-6,11-12,14H,7H2,1-2H3,(H,19,26)(H,22,23)/t11-,12?,14?/m1/s1. The van der Waals surface area contributed by atoms with E-state index in [0.717, 1.165) is 39.2 Å². The molecule has 1 aromatic heterocycles. The number of nitrogens with zero attached hydrogens (tertiary/aromatic N) is 2. The van der Waals surface area contributed by atoms with E-state index in [0.29, 0.717) is 9.90 Å². The van der Waals surface area contributed by atoms with Gasteiger partial charge < -0.3 is 15.0 Å². The molecule has 2 aliphatic heterocycles. The molecule has 10 heteroatoms. The normalized spacial score (nSPS) is 23.5. The first-order valence-electron chi connectivity index (χ1n) is 8.52. The lowest BCUT2D eigenvalue weighted by Gasteiger charge is -2.30. The van der Waals surface area contributed by atoms with Gasteiger partial charge in [0.25, 0.3) is 0 Å². The predicted molar refractivity (Wildman–Crippen MR) is 105 cm³/mol. The molecule has 8 nitrogen and oxygen atoms in total. The highest BCUT2D eigenvalue weighted by Crippen LogP contribution is 2.52. The minimum atomic E-state index is -1.24. The fourth-order valence-electron chi connectivity index (χ4n) is 3.70. The molecule has 2 N–H and O–H groups in total. The number of benzene rings is 1. The number of carbonyl (C=O) groups is 3. The Morgan fingerprint density at radius 2 is 1.86 bits per heavy atom. The molecule has 2 unspecified atom stereocenters. The number of imide groups is 1. The number of carboxylic acids is 1. The number of aromatic nitrogens is 1. The van der Waals surface area contributed by atoms with E-state index in [-0.39, 0.29) is 4.87 Å². The lowest BCUT2D eigenvalue weighted by atomic mass is 9.83. The molecule has 1 fully saturated rings. The number of carbonyl (C=O) groups excluding carboxylic acids is 2. The fraction of sp³-hybridized carbons (Fsp3) is 0.333. The molecule has 0 aliphatic carbocycles. The average molecular weight is 419 g/mol. The molecule has 0 spiro atoms. The monoisotopic (exact) mass is 419 g/mol. The van der Waals surface area contributed by atoms with Crippen molar-refractivity contribution in [2.45, 2.75) is 16.2 Å². The van der Waals surface area contributed by atoms with Crippen LogP contribution in [0.3, 0.4) is 0 Å². The van der Waals surface area contributed by atoms with E-state index < -0.39 is 41.4 Å². The molecule has 2 aromatic rings. The summed E-state index contributed by atoms with van der Waals surface area (Å²) in [5.74, 6) is -3.47. The molecule has 0 bridgehead atoms. The number of aromatic amines is 1. The Kier molecular flexibility index (Phi) is 4.54. The van der Waals surface area contributed by atoms with Gasteiger partial charge in [0.15, 0.2) is 0 Å². The van der Waals surface area contributed by atoms with Crippen LogP contribution < -0.4 is 9.77 Å². The third-order valence-electron chi connectivity index (χ3n) is 4.98. The number of carboxylic acid groups (broad SMARTS) is 1. The van der Waals surface area contributed by atoms with Crippen molar-refractivity contribution in [2.75, 3.05) is 25.5 Å². The Labute approximate surface area is 168 Å². The van der Waals surface area contributed by atoms with Gasteiger partial charge in [0.2, 0.25) is 11.8 Å². The second-order valence-electron chi connectivity index (χ2n) is 6.89. The average Bonchev–Trinajstić information content (AvgIpc) is 3.12.